The number of aromatic nitrogens is 2. The number of anilines is 1. The molecule has 0 aliphatic carbocycles. The Morgan fingerprint density at radius 2 is 2.04 bits per heavy atom. The van der Waals surface area contributed by atoms with E-state index >= 15 is 0 Å². The molecule has 0 atom stereocenters. The van der Waals surface area contributed by atoms with Crippen LogP contribution >= 0.6 is 0 Å². The molecule has 6 nitrogen and oxygen atoms in total. The standard InChI is InChI=1S/C18H22N4O2/c1-13-5-6-15(18(24)21-13)17(23)20-12-14-7-8-19-16(11-14)22-9-3-2-4-10-22/h5-8,11H,2-4,9-10,12H2,1H3,(H,20,23)(H,21,24). The molecule has 0 radical (unpaired) electrons. The van der Waals surface area contributed by atoms with Gasteiger partial charge in [-0.3, -0.25) is 9.59 Å². The van der Waals surface area contributed by atoms with Gasteiger partial charge in [0.25, 0.3) is 11.5 Å². The summed E-state index contributed by atoms with van der Waals surface area (Å²) in [4.78, 5) is 33.3. The first kappa shape index (κ1) is 16.2. The second kappa shape index (κ2) is 7.29. The maximum absolute atomic E-state index is 12.2. The average Bonchev–Trinajstić information content (AvgIpc) is 2.61. The van der Waals surface area contributed by atoms with Gasteiger partial charge in [-0.2, -0.15) is 0 Å². The van der Waals surface area contributed by atoms with Crippen molar-refractivity contribution in [2.45, 2.75) is 32.7 Å². The first-order chi connectivity index (χ1) is 11.6. The molecule has 1 aliphatic rings. The normalized spacial score (nSPS) is 14.5. The van der Waals surface area contributed by atoms with Gasteiger partial charge >= 0.3 is 0 Å². The molecule has 24 heavy (non-hydrogen) atoms. The first-order valence-electron chi connectivity index (χ1n) is 8.31. The maximum atomic E-state index is 12.2. The molecule has 1 fully saturated rings. The van der Waals surface area contributed by atoms with Gasteiger partial charge in [-0.05, 0) is 56.0 Å². The van der Waals surface area contributed by atoms with Crippen molar-refractivity contribution < 1.29 is 4.79 Å². The zero-order valence-corrected chi connectivity index (χ0v) is 13.8. The van der Waals surface area contributed by atoms with E-state index in [9.17, 15) is 9.59 Å². The van der Waals surface area contributed by atoms with Gasteiger partial charge in [0.05, 0.1) is 0 Å². The fraction of sp³-hybridized carbons (Fsp3) is 0.389. The van der Waals surface area contributed by atoms with Crippen molar-refractivity contribution >= 4 is 11.7 Å². The quantitative estimate of drug-likeness (QED) is 0.901. The van der Waals surface area contributed by atoms with E-state index < -0.39 is 0 Å². The van der Waals surface area contributed by atoms with Crippen LogP contribution in [0.5, 0.6) is 0 Å². The van der Waals surface area contributed by atoms with E-state index in [1.54, 1.807) is 25.3 Å². The van der Waals surface area contributed by atoms with Crippen LogP contribution < -0.4 is 15.8 Å². The van der Waals surface area contributed by atoms with Gasteiger partial charge < -0.3 is 15.2 Å². The lowest BCUT2D eigenvalue weighted by atomic mass is 10.1. The highest BCUT2D eigenvalue weighted by Crippen LogP contribution is 2.18. The third-order valence-electron chi connectivity index (χ3n) is 4.24. The number of nitrogens with one attached hydrogen (secondary N) is 2. The Morgan fingerprint density at radius 1 is 1.25 bits per heavy atom. The lowest BCUT2D eigenvalue weighted by molar-refractivity contribution is 0.0949. The van der Waals surface area contributed by atoms with Gasteiger partial charge in [-0.15, -0.1) is 0 Å². The number of carbonyl (C=O) groups is 1. The van der Waals surface area contributed by atoms with Crippen LogP contribution in [-0.2, 0) is 6.54 Å². The van der Waals surface area contributed by atoms with Crippen molar-refractivity contribution in [1.29, 1.82) is 0 Å². The summed E-state index contributed by atoms with van der Waals surface area (Å²) >= 11 is 0. The van der Waals surface area contributed by atoms with Crippen LogP contribution in [0.1, 0.15) is 40.9 Å². The Balaban J connectivity index is 1.66. The minimum atomic E-state index is -0.368. The molecule has 6 heteroatoms. The number of aromatic amines is 1. The summed E-state index contributed by atoms with van der Waals surface area (Å²) in [5.74, 6) is 0.585. The monoisotopic (exact) mass is 326 g/mol. The fourth-order valence-electron chi connectivity index (χ4n) is 2.89. The number of hydrogen-bond donors (Lipinski definition) is 2. The number of piperidine rings is 1. The number of amides is 1. The molecule has 0 spiro atoms. The number of H-pyrrole nitrogens is 1. The predicted octanol–water partition coefficient (Wildman–Crippen LogP) is 2.00. The predicted molar refractivity (Wildman–Crippen MR) is 93.3 cm³/mol. The Kier molecular flexibility index (Phi) is 4.93. The Bertz CT molecular complexity index is 779. The van der Waals surface area contributed by atoms with Crippen LogP contribution in [0.2, 0.25) is 0 Å². The van der Waals surface area contributed by atoms with Crippen molar-refractivity contribution in [3.8, 4) is 0 Å². The van der Waals surface area contributed by atoms with E-state index in [0.717, 1.165) is 30.2 Å². The number of carbonyl (C=O) groups excluding carboxylic acids is 1. The molecule has 1 saturated heterocycles. The van der Waals surface area contributed by atoms with Crippen molar-refractivity contribution in [3.63, 3.8) is 0 Å². The van der Waals surface area contributed by atoms with Gasteiger partial charge in [0.15, 0.2) is 0 Å². The number of pyridine rings is 2. The smallest absolute Gasteiger partial charge is 0.260 e. The number of aryl methyl sites for hydroxylation is 1. The Hall–Kier alpha value is -2.63. The highest BCUT2D eigenvalue weighted by atomic mass is 16.2. The lowest BCUT2D eigenvalue weighted by Crippen LogP contribution is -2.31. The summed E-state index contributed by atoms with van der Waals surface area (Å²) in [6, 6.07) is 7.16. The van der Waals surface area contributed by atoms with E-state index in [2.05, 4.69) is 20.2 Å². The zero-order valence-electron chi connectivity index (χ0n) is 13.8. The van der Waals surface area contributed by atoms with Gasteiger partial charge in [-0.1, -0.05) is 0 Å². The summed E-state index contributed by atoms with van der Waals surface area (Å²) in [7, 11) is 0. The third kappa shape index (κ3) is 3.82. The van der Waals surface area contributed by atoms with Crippen LogP contribution in [0.3, 0.4) is 0 Å². The molecular formula is C18H22N4O2. The molecule has 126 valence electrons. The average molecular weight is 326 g/mol. The minimum absolute atomic E-state index is 0.130. The molecule has 0 bridgehead atoms. The molecule has 3 rings (SSSR count). The molecule has 0 unspecified atom stereocenters. The van der Waals surface area contributed by atoms with E-state index in [1.807, 2.05) is 12.1 Å². The van der Waals surface area contributed by atoms with E-state index in [0.29, 0.717) is 6.54 Å². The molecule has 1 amide bonds. The van der Waals surface area contributed by atoms with Crippen LogP contribution in [0.25, 0.3) is 0 Å². The molecule has 3 heterocycles. The second-order valence-corrected chi connectivity index (χ2v) is 6.14. The summed E-state index contributed by atoms with van der Waals surface area (Å²) in [5, 5.41) is 2.80. The number of rotatable bonds is 4. The minimum Gasteiger partial charge on any atom is -0.357 e. The first-order valence-corrected chi connectivity index (χ1v) is 8.31. The molecule has 2 aromatic rings. The second-order valence-electron chi connectivity index (χ2n) is 6.14. The molecule has 0 saturated carbocycles. The fourth-order valence-corrected chi connectivity index (χ4v) is 2.89. The number of hydrogen-bond acceptors (Lipinski definition) is 4. The lowest BCUT2D eigenvalue weighted by Gasteiger charge is -2.27. The van der Waals surface area contributed by atoms with Crippen molar-refractivity contribution in [1.82, 2.24) is 15.3 Å². The van der Waals surface area contributed by atoms with Gasteiger partial charge in [0, 0.05) is 31.5 Å². The van der Waals surface area contributed by atoms with Crippen molar-refractivity contribution in [3.05, 3.63) is 57.6 Å². The topological polar surface area (TPSA) is 78.1 Å². The Labute approximate surface area is 140 Å². The van der Waals surface area contributed by atoms with E-state index in [1.165, 1.54) is 19.3 Å². The van der Waals surface area contributed by atoms with Gasteiger partial charge in [-0.25, -0.2) is 4.98 Å². The van der Waals surface area contributed by atoms with Crippen LogP contribution in [0, 0.1) is 6.92 Å². The highest BCUT2D eigenvalue weighted by molar-refractivity contribution is 5.93. The van der Waals surface area contributed by atoms with Crippen molar-refractivity contribution in [2.24, 2.45) is 0 Å². The van der Waals surface area contributed by atoms with Crippen LogP contribution in [-0.4, -0.2) is 29.0 Å². The molecule has 1 aliphatic heterocycles. The SMILES string of the molecule is Cc1ccc(C(=O)NCc2ccnc(N3CCCCC3)c2)c(=O)[nH]1. The summed E-state index contributed by atoms with van der Waals surface area (Å²) in [5.41, 5.74) is 1.47. The molecular weight excluding hydrogens is 304 g/mol. The molecule has 2 aromatic heterocycles. The van der Waals surface area contributed by atoms with E-state index in [-0.39, 0.29) is 17.0 Å². The van der Waals surface area contributed by atoms with Gasteiger partial charge in [0.2, 0.25) is 0 Å². The summed E-state index contributed by atoms with van der Waals surface area (Å²) in [6.45, 7) is 4.21. The summed E-state index contributed by atoms with van der Waals surface area (Å²) in [6.07, 6.45) is 5.43. The largest absolute Gasteiger partial charge is 0.357 e. The van der Waals surface area contributed by atoms with Crippen molar-refractivity contribution in [2.75, 3.05) is 18.0 Å². The maximum Gasteiger partial charge on any atom is 0.260 e. The Morgan fingerprint density at radius 3 is 2.79 bits per heavy atom. The van der Waals surface area contributed by atoms with Crippen LogP contribution in [0.4, 0.5) is 5.82 Å². The zero-order chi connectivity index (χ0) is 16.9. The van der Waals surface area contributed by atoms with Crippen LogP contribution in [0.15, 0.2) is 35.3 Å². The molecule has 2 N–H and O–H groups in total. The number of nitrogens with zero attached hydrogens (tertiary/aromatic N) is 2. The van der Waals surface area contributed by atoms with Gasteiger partial charge in [0.1, 0.15) is 11.4 Å². The molecule has 0 aromatic carbocycles. The summed E-state index contributed by atoms with van der Waals surface area (Å²) < 4.78 is 0. The van der Waals surface area contributed by atoms with E-state index in [4.69, 9.17) is 0 Å². The third-order valence-corrected chi connectivity index (χ3v) is 4.24. The highest BCUT2D eigenvalue weighted by Gasteiger charge is 2.13.